The fourth-order valence-electron chi connectivity index (χ4n) is 1.13. The number of Topliss-reactive ketones (excluding diaryl/α,β-unsaturated/α-hetero) is 1. The average molecular weight is 201 g/mol. The molecule has 0 spiro atoms. The van der Waals surface area contributed by atoms with Gasteiger partial charge in [-0.25, -0.2) is 4.39 Å². The van der Waals surface area contributed by atoms with E-state index in [1.165, 1.54) is 7.11 Å². The highest BCUT2D eigenvalue weighted by Crippen LogP contribution is 2.28. The first-order valence-electron chi connectivity index (χ1n) is 3.81. The molecule has 2 N–H and O–H groups in total. The summed E-state index contributed by atoms with van der Waals surface area (Å²) in [5.41, 5.74) is 4.79. The molecule has 0 amide bonds. The van der Waals surface area contributed by atoms with Crippen molar-refractivity contribution >= 4 is 11.5 Å². The van der Waals surface area contributed by atoms with Crippen molar-refractivity contribution in [1.82, 2.24) is 0 Å². The Morgan fingerprint density at radius 1 is 1.43 bits per heavy atom. The number of methoxy groups -OCH3 is 1. The lowest BCUT2D eigenvalue weighted by molar-refractivity contribution is 0.101. The third-order valence-corrected chi connectivity index (χ3v) is 1.78. The molecule has 1 aromatic carbocycles. The van der Waals surface area contributed by atoms with Crippen LogP contribution >= 0.6 is 0 Å². The number of carbonyl (C=O) groups is 1. The van der Waals surface area contributed by atoms with Gasteiger partial charge in [-0.3, -0.25) is 4.79 Å². The Morgan fingerprint density at radius 2 is 2.00 bits per heavy atom. The van der Waals surface area contributed by atoms with Crippen molar-refractivity contribution in [3.8, 4) is 5.75 Å². The maximum absolute atomic E-state index is 13.2. The van der Waals surface area contributed by atoms with E-state index >= 15 is 0 Å². The molecule has 0 aliphatic carbocycles. The largest absolute Gasteiger partial charge is 0.493 e. The van der Waals surface area contributed by atoms with Gasteiger partial charge in [-0.2, -0.15) is 4.39 Å². The molecule has 5 heteroatoms. The Bertz CT molecular complexity index is 391. The second-order valence-corrected chi connectivity index (χ2v) is 2.73. The molecule has 0 bridgehead atoms. The number of ether oxygens (including phenoxy) is 1. The Balaban J connectivity index is 3.49. The van der Waals surface area contributed by atoms with Gasteiger partial charge in [0.15, 0.2) is 17.3 Å². The van der Waals surface area contributed by atoms with Crippen molar-refractivity contribution in [1.29, 1.82) is 0 Å². The van der Waals surface area contributed by atoms with Crippen LogP contribution in [0.2, 0.25) is 0 Å². The van der Waals surface area contributed by atoms with Gasteiger partial charge in [-0.15, -0.1) is 0 Å². The van der Waals surface area contributed by atoms with Crippen LogP contribution in [0.15, 0.2) is 6.07 Å². The number of nitrogen functional groups attached to an aromatic ring is 1. The number of hydrogen-bond donors (Lipinski definition) is 1. The summed E-state index contributed by atoms with van der Waals surface area (Å²) < 4.78 is 30.8. The van der Waals surface area contributed by atoms with Gasteiger partial charge in [0.1, 0.15) is 0 Å². The second-order valence-electron chi connectivity index (χ2n) is 2.73. The third kappa shape index (κ3) is 1.53. The molecular formula is C9H9F2NO2. The van der Waals surface area contributed by atoms with E-state index in [1.807, 2.05) is 0 Å². The molecule has 0 fully saturated rings. The molecule has 3 nitrogen and oxygen atoms in total. The van der Waals surface area contributed by atoms with Gasteiger partial charge in [-0.05, 0) is 6.92 Å². The minimum absolute atomic E-state index is 0.131. The van der Waals surface area contributed by atoms with Crippen molar-refractivity contribution in [3.05, 3.63) is 23.3 Å². The van der Waals surface area contributed by atoms with Gasteiger partial charge in [0.2, 0.25) is 5.82 Å². The van der Waals surface area contributed by atoms with Gasteiger partial charge in [0.05, 0.1) is 12.7 Å². The Morgan fingerprint density at radius 3 is 2.43 bits per heavy atom. The molecule has 1 aromatic rings. The lowest BCUT2D eigenvalue weighted by atomic mass is 10.1. The first kappa shape index (κ1) is 10.4. The van der Waals surface area contributed by atoms with Crippen LogP contribution in [-0.4, -0.2) is 12.9 Å². The maximum atomic E-state index is 13.2. The second kappa shape index (κ2) is 3.61. The average Bonchev–Trinajstić information content (AvgIpc) is 2.10. The molecular weight excluding hydrogens is 192 g/mol. The smallest absolute Gasteiger partial charge is 0.201 e. The minimum atomic E-state index is -1.27. The van der Waals surface area contributed by atoms with Crippen LogP contribution in [0.5, 0.6) is 5.75 Å². The molecule has 0 saturated carbocycles. The van der Waals surface area contributed by atoms with Gasteiger partial charge in [-0.1, -0.05) is 0 Å². The van der Waals surface area contributed by atoms with E-state index in [1.54, 1.807) is 0 Å². The monoisotopic (exact) mass is 201 g/mol. The number of rotatable bonds is 2. The van der Waals surface area contributed by atoms with Crippen molar-refractivity contribution < 1.29 is 18.3 Å². The number of hydrogen-bond acceptors (Lipinski definition) is 3. The minimum Gasteiger partial charge on any atom is -0.493 e. The SMILES string of the molecule is COc1cc(N)c(C(C)=O)c(F)c1F. The molecule has 0 saturated heterocycles. The van der Waals surface area contributed by atoms with Crippen molar-refractivity contribution in [3.63, 3.8) is 0 Å². The molecule has 0 aromatic heterocycles. The van der Waals surface area contributed by atoms with Gasteiger partial charge < -0.3 is 10.5 Å². The molecule has 0 unspecified atom stereocenters. The lowest BCUT2D eigenvalue weighted by Crippen LogP contribution is -2.07. The Labute approximate surface area is 79.5 Å². The zero-order valence-electron chi connectivity index (χ0n) is 7.73. The summed E-state index contributed by atoms with van der Waals surface area (Å²) in [6.07, 6.45) is 0. The van der Waals surface area contributed by atoms with Gasteiger partial charge in [0, 0.05) is 11.8 Å². The third-order valence-electron chi connectivity index (χ3n) is 1.78. The predicted molar refractivity (Wildman–Crippen MR) is 47.3 cm³/mol. The number of benzene rings is 1. The molecule has 14 heavy (non-hydrogen) atoms. The van der Waals surface area contributed by atoms with Crippen molar-refractivity contribution in [2.75, 3.05) is 12.8 Å². The lowest BCUT2D eigenvalue weighted by Gasteiger charge is -2.08. The van der Waals surface area contributed by atoms with Crippen LogP contribution in [0.3, 0.4) is 0 Å². The topological polar surface area (TPSA) is 52.3 Å². The first-order valence-corrected chi connectivity index (χ1v) is 3.81. The van der Waals surface area contributed by atoms with E-state index in [2.05, 4.69) is 4.74 Å². The standard InChI is InChI=1S/C9H9F2NO2/c1-4(13)7-5(12)3-6(14-2)8(10)9(7)11/h3H,12H2,1-2H3. The number of ketones is 1. The van der Waals surface area contributed by atoms with Crippen LogP contribution in [0, 0.1) is 11.6 Å². The van der Waals surface area contributed by atoms with E-state index in [-0.39, 0.29) is 11.4 Å². The summed E-state index contributed by atoms with van der Waals surface area (Å²) in [4.78, 5) is 10.9. The first-order chi connectivity index (χ1) is 6.49. The normalized spacial score (nSPS) is 10.0. The quantitative estimate of drug-likeness (QED) is 0.585. The summed E-state index contributed by atoms with van der Waals surface area (Å²) in [6.45, 7) is 1.11. The van der Waals surface area contributed by atoms with E-state index in [0.29, 0.717) is 0 Å². The molecule has 1 rings (SSSR count). The van der Waals surface area contributed by atoms with Crippen LogP contribution < -0.4 is 10.5 Å². The maximum Gasteiger partial charge on any atom is 0.201 e. The number of anilines is 1. The molecule has 0 aliphatic heterocycles. The number of carbonyl (C=O) groups excluding carboxylic acids is 1. The molecule has 0 aliphatic rings. The van der Waals surface area contributed by atoms with E-state index in [4.69, 9.17) is 5.73 Å². The van der Waals surface area contributed by atoms with Crippen LogP contribution in [0.4, 0.5) is 14.5 Å². The highest BCUT2D eigenvalue weighted by molar-refractivity contribution is 5.99. The molecule has 0 heterocycles. The zero-order valence-corrected chi connectivity index (χ0v) is 7.73. The summed E-state index contributed by atoms with van der Waals surface area (Å²) in [6, 6.07) is 1.08. The number of nitrogens with two attached hydrogens (primary N) is 1. The van der Waals surface area contributed by atoms with Crippen molar-refractivity contribution in [2.24, 2.45) is 0 Å². The number of halogens is 2. The molecule has 0 atom stereocenters. The zero-order chi connectivity index (χ0) is 10.9. The van der Waals surface area contributed by atoms with Crippen LogP contribution in [0.25, 0.3) is 0 Å². The highest BCUT2D eigenvalue weighted by Gasteiger charge is 2.20. The predicted octanol–water partition coefficient (Wildman–Crippen LogP) is 1.76. The fourth-order valence-corrected chi connectivity index (χ4v) is 1.13. The van der Waals surface area contributed by atoms with E-state index in [9.17, 15) is 13.6 Å². The Hall–Kier alpha value is -1.65. The summed E-state index contributed by atoms with van der Waals surface area (Å²) in [7, 11) is 1.19. The summed E-state index contributed by atoms with van der Waals surface area (Å²) in [5.74, 6) is -3.41. The van der Waals surface area contributed by atoms with Crippen LogP contribution in [0.1, 0.15) is 17.3 Å². The fraction of sp³-hybridized carbons (Fsp3) is 0.222. The Kier molecular flexibility index (Phi) is 2.69. The van der Waals surface area contributed by atoms with Crippen molar-refractivity contribution in [2.45, 2.75) is 6.92 Å². The highest BCUT2D eigenvalue weighted by atomic mass is 19.2. The molecule has 0 radical (unpaired) electrons. The summed E-state index contributed by atoms with van der Waals surface area (Å²) >= 11 is 0. The van der Waals surface area contributed by atoms with E-state index in [0.717, 1.165) is 13.0 Å². The molecule has 76 valence electrons. The van der Waals surface area contributed by atoms with Gasteiger partial charge in [0.25, 0.3) is 0 Å². The van der Waals surface area contributed by atoms with E-state index < -0.39 is 23.0 Å². The van der Waals surface area contributed by atoms with Gasteiger partial charge >= 0.3 is 0 Å². The van der Waals surface area contributed by atoms with Crippen LogP contribution in [-0.2, 0) is 0 Å². The summed E-state index contributed by atoms with van der Waals surface area (Å²) in [5, 5.41) is 0.